The van der Waals surface area contributed by atoms with E-state index in [-0.39, 0.29) is 0 Å². The standard InChI is InChI=1S/C22H26N4O2/c1-3-25-11-13-26(14-12-25)19-9-7-18(8-10-19)24-22-23-16-21(28-22)17-5-4-6-20(15-17)27-2/h4-10,15-16H,3,11-14H2,1-2H3,(H,23,24). The first-order valence-corrected chi connectivity index (χ1v) is 9.70. The highest BCUT2D eigenvalue weighted by Gasteiger charge is 2.15. The summed E-state index contributed by atoms with van der Waals surface area (Å²) in [4.78, 5) is 9.25. The topological polar surface area (TPSA) is 53.8 Å². The number of hydrogen-bond acceptors (Lipinski definition) is 6. The van der Waals surface area contributed by atoms with Gasteiger partial charge in [0.05, 0.1) is 13.3 Å². The molecular formula is C22H26N4O2. The van der Waals surface area contributed by atoms with Crippen LogP contribution >= 0.6 is 0 Å². The van der Waals surface area contributed by atoms with E-state index in [4.69, 9.17) is 9.15 Å². The molecule has 1 aliphatic rings. The van der Waals surface area contributed by atoms with Crippen LogP contribution in [-0.2, 0) is 0 Å². The van der Waals surface area contributed by atoms with Crippen molar-refractivity contribution in [1.29, 1.82) is 0 Å². The highest BCUT2D eigenvalue weighted by molar-refractivity contribution is 5.62. The Labute approximate surface area is 165 Å². The summed E-state index contributed by atoms with van der Waals surface area (Å²) in [5.74, 6) is 1.49. The predicted octanol–water partition coefficient (Wildman–Crippen LogP) is 4.24. The van der Waals surface area contributed by atoms with Gasteiger partial charge >= 0.3 is 0 Å². The Morgan fingerprint density at radius 1 is 1.07 bits per heavy atom. The molecule has 1 N–H and O–H groups in total. The Morgan fingerprint density at radius 2 is 1.86 bits per heavy atom. The maximum atomic E-state index is 5.85. The zero-order chi connectivity index (χ0) is 19.3. The van der Waals surface area contributed by atoms with Gasteiger partial charge in [0.2, 0.25) is 0 Å². The lowest BCUT2D eigenvalue weighted by molar-refractivity contribution is 0.271. The molecule has 28 heavy (non-hydrogen) atoms. The molecule has 0 radical (unpaired) electrons. The van der Waals surface area contributed by atoms with Gasteiger partial charge in [-0.1, -0.05) is 19.1 Å². The number of anilines is 3. The summed E-state index contributed by atoms with van der Waals surface area (Å²) in [5.41, 5.74) is 3.14. The fraction of sp³-hybridized carbons (Fsp3) is 0.318. The zero-order valence-corrected chi connectivity index (χ0v) is 16.4. The summed E-state index contributed by atoms with van der Waals surface area (Å²) in [6, 6.07) is 16.6. The third-order valence-electron chi connectivity index (χ3n) is 5.16. The van der Waals surface area contributed by atoms with Crippen LogP contribution in [-0.4, -0.2) is 49.7 Å². The summed E-state index contributed by atoms with van der Waals surface area (Å²) in [6.07, 6.45) is 1.72. The smallest absolute Gasteiger partial charge is 0.299 e. The van der Waals surface area contributed by atoms with E-state index in [1.54, 1.807) is 13.3 Å². The molecule has 1 saturated heterocycles. The van der Waals surface area contributed by atoms with Gasteiger partial charge in [-0.05, 0) is 42.9 Å². The van der Waals surface area contributed by atoms with E-state index in [2.05, 4.69) is 51.3 Å². The number of methoxy groups -OCH3 is 1. The Balaban J connectivity index is 1.40. The van der Waals surface area contributed by atoms with Crippen LogP contribution in [0, 0.1) is 0 Å². The number of nitrogens with zero attached hydrogens (tertiary/aromatic N) is 3. The normalized spacial score (nSPS) is 14.9. The number of aromatic nitrogens is 1. The van der Waals surface area contributed by atoms with E-state index < -0.39 is 0 Å². The van der Waals surface area contributed by atoms with Crippen LogP contribution in [0.3, 0.4) is 0 Å². The van der Waals surface area contributed by atoms with Crippen molar-refractivity contribution in [2.45, 2.75) is 6.92 Å². The van der Waals surface area contributed by atoms with Crippen LogP contribution in [0.25, 0.3) is 11.3 Å². The Kier molecular flexibility index (Phi) is 5.48. The van der Waals surface area contributed by atoms with Gasteiger partial charge in [0.15, 0.2) is 5.76 Å². The molecule has 0 bridgehead atoms. The number of piperazine rings is 1. The largest absolute Gasteiger partial charge is 0.497 e. The van der Waals surface area contributed by atoms with Gasteiger partial charge in [0.25, 0.3) is 6.01 Å². The van der Waals surface area contributed by atoms with E-state index in [1.165, 1.54) is 5.69 Å². The van der Waals surface area contributed by atoms with Crippen LogP contribution in [0.4, 0.5) is 17.4 Å². The quantitative estimate of drug-likeness (QED) is 0.693. The summed E-state index contributed by atoms with van der Waals surface area (Å²) >= 11 is 0. The number of benzene rings is 2. The lowest BCUT2D eigenvalue weighted by Gasteiger charge is -2.35. The number of ether oxygens (including phenoxy) is 1. The zero-order valence-electron chi connectivity index (χ0n) is 16.4. The molecule has 4 rings (SSSR count). The van der Waals surface area contributed by atoms with Gasteiger partial charge in [0.1, 0.15) is 5.75 Å². The predicted molar refractivity (Wildman–Crippen MR) is 113 cm³/mol. The second kappa shape index (κ2) is 8.35. The number of likely N-dealkylation sites (N-methyl/N-ethyl adjacent to an activating group) is 1. The van der Waals surface area contributed by atoms with E-state index in [0.717, 1.165) is 49.7 Å². The average Bonchev–Trinajstić information content (AvgIpc) is 3.23. The van der Waals surface area contributed by atoms with Gasteiger partial charge < -0.3 is 24.3 Å². The van der Waals surface area contributed by atoms with Crippen molar-refractivity contribution in [3.05, 3.63) is 54.7 Å². The molecule has 0 atom stereocenters. The molecule has 146 valence electrons. The highest BCUT2D eigenvalue weighted by atomic mass is 16.5. The first-order chi connectivity index (χ1) is 13.7. The van der Waals surface area contributed by atoms with Gasteiger partial charge in [0, 0.05) is 43.1 Å². The minimum atomic E-state index is 0.474. The fourth-order valence-electron chi connectivity index (χ4n) is 3.44. The van der Waals surface area contributed by atoms with Crippen LogP contribution in [0.5, 0.6) is 5.75 Å². The molecule has 0 aliphatic carbocycles. The van der Waals surface area contributed by atoms with Crippen molar-refractivity contribution in [2.75, 3.05) is 50.1 Å². The second-order valence-electron chi connectivity index (χ2n) is 6.85. The molecule has 3 aromatic rings. The molecule has 1 aliphatic heterocycles. The molecule has 2 heterocycles. The monoisotopic (exact) mass is 378 g/mol. The van der Waals surface area contributed by atoms with Crippen LogP contribution in [0.15, 0.2) is 59.1 Å². The molecule has 2 aromatic carbocycles. The molecule has 1 aromatic heterocycles. The molecule has 0 spiro atoms. The summed E-state index contributed by atoms with van der Waals surface area (Å²) < 4.78 is 11.1. The van der Waals surface area contributed by atoms with Gasteiger partial charge in [-0.25, -0.2) is 4.98 Å². The fourth-order valence-corrected chi connectivity index (χ4v) is 3.44. The molecule has 0 unspecified atom stereocenters. The second-order valence-corrected chi connectivity index (χ2v) is 6.85. The van der Waals surface area contributed by atoms with Crippen molar-refractivity contribution < 1.29 is 9.15 Å². The summed E-state index contributed by atoms with van der Waals surface area (Å²) in [7, 11) is 1.65. The van der Waals surface area contributed by atoms with E-state index >= 15 is 0 Å². The lowest BCUT2D eigenvalue weighted by Crippen LogP contribution is -2.46. The number of oxazole rings is 1. The Hall–Kier alpha value is -2.99. The minimum absolute atomic E-state index is 0.474. The summed E-state index contributed by atoms with van der Waals surface area (Å²) in [6.45, 7) is 7.75. The molecule has 6 nitrogen and oxygen atoms in total. The van der Waals surface area contributed by atoms with Gasteiger partial charge in [-0.2, -0.15) is 0 Å². The third-order valence-corrected chi connectivity index (χ3v) is 5.16. The molecule has 0 amide bonds. The first-order valence-electron chi connectivity index (χ1n) is 9.70. The SMILES string of the molecule is CCN1CCN(c2ccc(Nc3ncc(-c4cccc(OC)c4)o3)cc2)CC1. The third kappa shape index (κ3) is 4.12. The Morgan fingerprint density at radius 3 is 2.57 bits per heavy atom. The summed E-state index contributed by atoms with van der Waals surface area (Å²) in [5, 5.41) is 3.23. The van der Waals surface area contributed by atoms with Gasteiger partial charge in [-0.15, -0.1) is 0 Å². The number of nitrogens with one attached hydrogen (secondary N) is 1. The molecule has 0 saturated carbocycles. The Bertz CT molecular complexity index is 899. The van der Waals surface area contributed by atoms with Crippen molar-refractivity contribution in [2.24, 2.45) is 0 Å². The molecule has 6 heteroatoms. The van der Waals surface area contributed by atoms with Crippen LogP contribution < -0.4 is 15.0 Å². The maximum Gasteiger partial charge on any atom is 0.299 e. The van der Waals surface area contributed by atoms with E-state index in [1.807, 2.05) is 24.3 Å². The van der Waals surface area contributed by atoms with Gasteiger partial charge in [-0.3, -0.25) is 0 Å². The lowest BCUT2D eigenvalue weighted by atomic mass is 10.2. The molecule has 1 fully saturated rings. The van der Waals surface area contributed by atoms with Crippen molar-refractivity contribution in [1.82, 2.24) is 9.88 Å². The van der Waals surface area contributed by atoms with Crippen LogP contribution in [0.2, 0.25) is 0 Å². The van der Waals surface area contributed by atoms with E-state index in [0.29, 0.717) is 11.8 Å². The minimum Gasteiger partial charge on any atom is -0.497 e. The number of rotatable bonds is 6. The molecular weight excluding hydrogens is 352 g/mol. The van der Waals surface area contributed by atoms with E-state index in [9.17, 15) is 0 Å². The van der Waals surface area contributed by atoms with Crippen molar-refractivity contribution in [3.63, 3.8) is 0 Å². The van der Waals surface area contributed by atoms with Crippen LogP contribution in [0.1, 0.15) is 6.92 Å². The maximum absolute atomic E-state index is 5.85. The van der Waals surface area contributed by atoms with Crippen molar-refractivity contribution in [3.8, 4) is 17.1 Å². The highest BCUT2D eigenvalue weighted by Crippen LogP contribution is 2.28. The van der Waals surface area contributed by atoms with Crippen molar-refractivity contribution >= 4 is 17.4 Å². The number of hydrogen-bond donors (Lipinski definition) is 1. The first kappa shape index (κ1) is 18.4. The average molecular weight is 378 g/mol.